The predicted molar refractivity (Wildman–Crippen MR) is 109 cm³/mol. The number of alkyl halides is 2. The first-order chi connectivity index (χ1) is 14.4. The van der Waals surface area contributed by atoms with E-state index >= 15 is 0 Å². The van der Waals surface area contributed by atoms with E-state index in [1.165, 1.54) is 43.8 Å². The molecule has 6 nitrogen and oxygen atoms in total. The number of nitrogens with one attached hydrogen (secondary N) is 1. The molecule has 0 aliphatic heterocycles. The van der Waals surface area contributed by atoms with Gasteiger partial charge < -0.3 is 19.5 Å². The summed E-state index contributed by atoms with van der Waals surface area (Å²) in [5.74, 6) is -0.593. The molecule has 1 atom stereocenters. The number of ether oxygens (including phenoxy) is 3. The Morgan fingerprint density at radius 1 is 1.27 bits per heavy atom. The van der Waals surface area contributed by atoms with Crippen LogP contribution >= 0.6 is 11.3 Å². The van der Waals surface area contributed by atoms with Gasteiger partial charge in [0.1, 0.15) is 5.00 Å². The summed E-state index contributed by atoms with van der Waals surface area (Å²) in [5.41, 5.74) is 1.51. The summed E-state index contributed by atoms with van der Waals surface area (Å²) in [4.78, 5) is 26.3. The molecule has 1 aromatic heterocycles. The lowest BCUT2D eigenvalue weighted by Crippen LogP contribution is -2.16. The summed E-state index contributed by atoms with van der Waals surface area (Å²) in [6, 6.07) is 3.91. The summed E-state index contributed by atoms with van der Waals surface area (Å²) in [6.45, 7) is -0.868. The van der Waals surface area contributed by atoms with Gasteiger partial charge in [0, 0.05) is 10.4 Å². The number of benzene rings is 1. The number of esters is 1. The molecule has 162 valence electrons. The second-order valence-corrected chi connectivity index (χ2v) is 8.02. The van der Waals surface area contributed by atoms with Crippen molar-refractivity contribution >= 4 is 28.2 Å². The van der Waals surface area contributed by atoms with Crippen LogP contribution < -0.4 is 14.8 Å². The van der Waals surface area contributed by atoms with Gasteiger partial charge in [-0.3, -0.25) is 4.79 Å². The smallest absolute Gasteiger partial charge is 0.387 e. The van der Waals surface area contributed by atoms with Crippen molar-refractivity contribution in [3.63, 3.8) is 0 Å². The minimum Gasteiger partial charge on any atom is -0.493 e. The SMILES string of the molecule is CC[C@@H]1CCc2c(sc(NC(=O)c3ccc(OC(F)F)c(OC)c3)c2C(=O)OC)C1. The first kappa shape index (κ1) is 22.0. The molecule has 30 heavy (non-hydrogen) atoms. The first-order valence-corrected chi connectivity index (χ1v) is 10.4. The fourth-order valence-corrected chi connectivity index (χ4v) is 4.93. The van der Waals surface area contributed by atoms with E-state index in [1.807, 2.05) is 0 Å². The van der Waals surface area contributed by atoms with Crippen LogP contribution in [-0.4, -0.2) is 32.7 Å². The van der Waals surface area contributed by atoms with Crippen LogP contribution in [0.2, 0.25) is 0 Å². The largest absolute Gasteiger partial charge is 0.493 e. The van der Waals surface area contributed by atoms with Crippen molar-refractivity contribution in [3.05, 3.63) is 39.8 Å². The Morgan fingerprint density at radius 3 is 2.67 bits per heavy atom. The van der Waals surface area contributed by atoms with Crippen molar-refractivity contribution in [2.24, 2.45) is 5.92 Å². The highest BCUT2D eigenvalue weighted by Crippen LogP contribution is 2.41. The number of thiophene rings is 1. The Balaban J connectivity index is 1.89. The van der Waals surface area contributed by atoms with Crippen LogP contribution in [0, 0.1) is 5.92 Å². The number of rotatable bonds is 7. The molecule has 9 heteroatoms. The van der Waals surface area contributed by atoms with Gasteiger partial charge in [-0.15, -0.1) is 11.3 Å². The van der Waals surface area contributed by atoms with Crippen LogP contribution in [0.15, 0.2) is 18.2 Å². The van der Waals surface area contributed by atoms with Gasteiger partial charge in [0.2, 0.25) is 0 Å². The summed E-state index contributed by atoms with van der Waals surface area (Å²) in [6.07, 6.45) is 3.67. The monoisotopic (exact) mass is 439 g/mol. The molecule has 0 fully saturated rings. The highest BCUT2D eigenvalue weighted by molar-refractivity contribution is 7.17. The number of amides is 1. The third-order valence-corrected chi connectivity index (χ3v) is 6.37. The van der Waals surface area contributed by atoms with E-state index in [1.54, 1.807) is 0 Å². The number of halogens is 2. The molecule has 0 radical (unpaired) electrons. The zero-order valence-corrected chi connectivity index (χ0v) is 17.7. The molecule has 0 saturated carbocycles. The maximum atomic E-state index is 12.8. The molecule has 0 bridgehead atoms. The molecule has 1 N–H and O–H groups in total. The highest BCUT2D eigenvalue weighted by Gasteiger charge is 2.30. The summed E-state index contributed by atoms with van der Waals surface area (Å²) < 4.78 is 39.4. The van der Waals surface area contributed by atoms with E-state index in [-0.39, 0.29) is 17.1 Å². The van der Waals surface area contributed by atoms with Gasteiger partial charge in [0.05, 0.1) is 19.8 Å². The van der Waals surface area contributed by atoms with Crippen LogP contribution in [0.25, 0.3) is 0 Å². The molecule has 1 aliphatic rings. The third-order valence-electron chi connectivity index (χ3n) is 5.20. The summed E-state index contributed by atoms with van der Waals surface area (Å²) >= 11 is 1.38. The van der Waals surface area contributed by atoms with Crippen LogP contribution in [-0.2, 0) is 17.6 Å². The lowest BCUT2D eigenvalue weighted by atomic mass is 9.85. The molecule has 1 aliphatic carbocycles. The zero-order valence-electron chi connectivity index (χ0n) is 16.9. The number of methoxy groups -OCH3 is 2. The summed E-state index contributed by atoms with van der Waals surface area (Å²) in [5, 5.41) is 3.21. The number of carbonyl (C=O) groups is 2. The molecule has 1 heterocycles. The fourth-order valence-electron chi connectivity index (χ4n) is 3.59. The van der Waals surface area contributed by atoms with Crippen LogP contribution in [0.1, 0.15) is 50.9 Å². The normalized spacial score (nSPS) is 15.5. The average Bonchev–Trinajstić information content (AvgIpc) is 3.09. The lowest BCUT2D eigenvalue weighted by Gasteiger charge is -2.20. The molecule has 0 saturated heterocycles. The molecule has 1 amide bonds. The van der Waals surface area contributed by atoms with E-state index in [4.69, 9.17) is 9.47 Å². The Labute approximate surface area is 177 Å². The average molecular weight is 439 g/mol. The van der Waals surface area contributed by atoms with Gasteiger partial charge in [-0.05, 0) is 48.9 Å². The van der Waals surface area contributed by atoms with Crippen LogP contribution in [0.5, 0.6) is 11.5 Å². The summed E-state index contributed by atoms with van der Waals surface area (Å²) in [7, 11) is 2.60. The minimum atomic E-state index is -3.01. The van der Waals surface area contributed by atoms with Crippen molar-refractivity contribution in [1.29, 1.82) is 0 Å². The highest BCUT2D eigenvalue weighted by atomic mass is 32.1. The zero-order chi connectivity index (χ0) is 21.8. The number of hydrogen-bond acceptors (Lipinski definition) is 6. The van der Waals surface area contributed by atoms with Crippen molar-refractivity contribution in [2.45, 2.75) is 39.2 Å². The topological polar surface area (TPSA) is 73.9 Å². The first-order valence-electron chi connectivity index (χ1n) is 9.54. The fraction of sp³-hybridized carbons (Fsp3) is 0.429. The Bertz CT molecular complexity index is 944. The molecular weight excluding hydrogens is 416 g/mol. The van der Waals surface area contributed by atoms with Gasteiger partial charge in [-0.1, -0.05) is 13.3 Å². The maximum Gasteiger partial charge on any atom is 0.387 e. The minimum absolute atomic E-state index is 0.00685. The van der Waals surface area contributed by atoms with Crippen molar-refractivity contribution < 1.29 is 32.6 Å². The second-order valence-electron chi connectivity index (χ2n) is 6.91. The van der Waals surface area contributed by atoms with E-state index in [0.717, 1.165) is 36.1 Å². The van der Waals surface area contributed by atoms with Gasteiger partial charge in [0.15, 0.2) is 11.5 Å². The maximum absolute atomic E-state index is 12.8. The Hall–Kier alpha value is -2.68. The van der Waals surface area contributed by atoms with Gasteiger partial charge in [-0.2, -0.15) is 8.78 Å². The van der Waals surface area contributed by atoms with Crippen LogP contribution in [0.3, 0.4) is 0 Å². The number of carbonyl (C=O) groups excluding carboxylic acids is 2. The van der Waals surface area contributed by atoms with Gasteiger partial charge in [-0.25, -0.2) is 4.79 Å². The molecule has 2 aromatic rings. The van der Waals surface area contributed by atoms with Crippen molar-refractivity contribution in [3.8, 4) is 11.5 Å². The van der Waals surface area contributed by atoms with Gasteiger partial charge in [0.25, 0.3) is 5.91 Å². The predicted octanol–water partition coefficient (Wildman–Crippen LogP) is 4.91. The molecule has 0 unspecified atom stereocenters. The number of anilines is 1. The standard InChI is InChI=1S/C21H23F2NO5S/c1-4-11-5-7-13-16(9-11)30-19(17(13)20(26)28-3)24-18(25)12-6-8-14(29-21(22)23)15(10-12)27-2/h6,8,10-11,21H,4-5,7,9H2,1-3H3,(H,24,25)/t11-/m1/s1. The molecular formula is C21H23F2NO5S. The van der Waals surface area contributed by atoms with Crippen molar-refractivity contribution in [1.82, 2.24) is 0 Å². The van der Waals surface area contributed by atoms with Gasteiger partial charge >= 0.3 is 12.6 Å². The number of fused-ring (bicyclic) bond motifs is 1. The Morgan fingerprint density at radius 2 is 2.03 bits per heavy atom. The molecule has 3 rings (SSSR count). The van der Waals surface area contributed by atoms with E-state index in [2.05, 4.69) is 17.0 Å². The second kappa shape index (κ2) is 9.42. The van der Waals surface area contributed by atoms with E-state index < -0.39 is 18.5 Å². The van der Waals surface area contributed by atoms with Crippen molar-refractivity contribution in [2.75, 3.05) is 19.5 Å². The quantitative estimate of drug-likeness (QED) is 0.621. The molecule has 1 aromatic carbocycles. The number of hydrogen-bond donors (Lipinski definition) is 1. The van der Waals surface area contributed by atoms with E-state index in [0.29, 0.717) is 16.5 Å². The van der Waals surface area contributed by atoms with Crippen LogP contribution in [0.4, 0.5) is 13.8 Å². The Kier molecular flexibility index (Phi) is 6.91. The lowest BCUT2D eigenvalue weighted by molar-refractivity contribution is -0.0512. The van der Waals surface area contributed by atoms with E-state index in [9.17, 15) is 18.4 Å². The molecule has 0 spiro atoms. The third kappa shape index (κ3) is 4.56.